The van der Waals surface area contributed by atoms with Gasteiger partial charge in [-0.3, -0.25) is 0 Å². The second-order valence-electron chi connectivity index (χ2n) is 6.02. The normalized spacial score (nSPS) is 11.4. The number of aromatic nitrogens is 3. The molecule has 3 N–H and O–H groups in total. The predicted molar refractivity (Wildman–Crippen MR) is 109 cm³/mol. The van der Waals surface area contributed by atoms with Crippen LogP contribution in [0, 0.1) is 0 Å². The summed E-state index contributed by atoms with van der Waals surface area (Å²) >= 11 is 0. The highest BCUT2D eigenvalue weighted by Crippen LogP contribution is 2.40. The van der Waals surface area contributed by atoms with Gasteiger partial charge in [-0.2, -0.15) is 4.98 Å². The fourth-order valence-electron chi connectivity index (χ4n) is 2.75. The molecule has 2 aromatic carbocycles. The molecule has 9 nitrogen and oxygen atoms in total. The quantitative estimate of drug-likeness (QED) is 0.469. The Labute approximate surface area is 168 Å². The molecule has 3 rings (SSSR count). The number of benzene rings is 2. The Kier molecular flexibility index (Phi) is 6.64. The predicted octanol–water partition coefficient (Wildman–Crippen LogP) is 2.61. The number of aliphatic hydroxyl groups is 1. The average molecular weight is 397 g/mol. The van der Waals surface area contributed by atoms with Gasteiger partial charge in [-0.1, -0.05) is 30.3 Å². The van der Waals surface area contributed by atoms with Crippen molar-refractivity contribution in [1.29, 1.82) is 0 Å². The summed E-state index contributed by atoms with van der Waals surface area (Å²) in [6.45, 7) is 0. The SMILES string of the molecule is COc1cc(Nc2ncnc(NC(O)Cc3ccccc3)n2)cc(OC)c1OC. The molecule has 0 aliphatic heterocycles. The van der Waals surface area contributed by atoms with Crippen LogP contribution < -0.4 is 24.8 Å². The van der Waals surface area contributed by atoms with E-state index in [0.717, 1.165) is 5.56 Å². The van der Waals surface area contributed by atoms with E-state index < -0.39 is 6.23 Å². The van der Waals surface area contributed by atoms with Crippen LogP contribution in [0.15, 0.2) is 48.8 Å². The summed E-state index contributed by atoms with van der Waals surface area (Å²) in [4.78, 5) is 12.5. The number of hydrogen-bond donors (Lipinski definition) is 3. The third-order valence-electron chi connectivity index (χ3n) is 4.06. The number of nitrogens with one attached hydrogen (secondary N) is 2. The lowest BCUT2D eigenvalue weighted by molar-refractivity contribution is 0.203. The first kappa shape index (κ1) is 20.2. The second-order valence-corrected chi connectivity index (χ2v) is 6.02. The van der Waals surface area contributed by atoms with Crippen LogP contribution in [0.5, 0.6) is 17.2 Å². The Morgan fingerprint density at radius 2 is 1.59 bits per heavy atom. The number of ether oxygens (including phenoxy) is 3. The maximum atomic E-state index is 10.3. The molecule has 1 heterocycles. The minimum atomic E-state index is -0.839. The highest BCUT2D eigenvalue weighted by molar-refractivity contribution is 5.65. The van der Waals surface area contributed by atoms with Crippen LogP contribution in [0.3, 0.4) is 0 Å². The largest absolute Gasteiger partial charge is 0.493 e. The molecule has 0 aliphatic rings. The van der Waals surface area contributed by atoms with Gasteiger partial charge in [0.15, 0.2) is 11.5 Å². The molecule has 3 aromatic rings. The van der Waals surface area contributed by atoms with Gasteiger partial charge in [0, 0.05) is 24.2 Å². The van der Waals surface area contributed by atoms with E-state index in [4.69, 9.17) is 14.2 Å². The van der Waals surface area contributed by atoms with Crippen molar-refractivity contribution < 1.29 is 19.3 Å². The number of anilines is 3. The van der Waals surface area contributed by atoms with E-state index in [9.17, 15) is 5.11 Å². The molecule has 0 amide bonds. The lowest BCUT2D eigenvalue weighted by Crippen LogP contribution is -2.23. The van der Waals surface area contributed by atoms with E-state index in [0.29, 0.717) is 35.3 Å². The maximum Gasteiger partial charge on any atom is 0.231 e. The maximum absolute atomic E-state index is 10.3. The summed E-state index contributed by atoms with van der Waals surface area (Å²) in [6.07, 6.45) is 0.932. The van der Waals surface area contributed by atoms with Gasteiger partial charge >= 0.3 is 0 Å². The summed E-state index contributed by atoms with van der Waals surface area (Å²) in [5, 5.41) is 16.2. The molecule has 0 radical (unpaired) electrons. The van der Waals surface area contributed by atoms with E-state index >= 15 is 0 Å². The van der Waals surface area contributed by atoms with Gasteiger partial charge in [0.25, 0.3) is 0 Å². The highest BCUT2D eigenvalue weighted by Gasteiger charge is 2.14. The zero-order chi connectivity index (χ0) is 20.6. The zero-order valence-electron chi connectivity index (χ0n) is 16.4. The van der Waals surface area contributed by atoms with Crippen molar-refractivity contribution in [3.8, 4) is 17.2 Å². The fraction of sp³-hybridized carbons (Fsp3) is 0.250. The number of rotatable bonds is 9. The minimum Gasteiger partial charge on any atom is -0.493 e. The minimum absolute atomic E-state index is 0.248. The Hall–Kier alpha value is -3.59. The van der Waals surface area contributed by atoms with E-state index in [1.807, 2.05) is 30.3 Å². The first-order valence-electron chi connectivity index (χ1n) is 8.87. The van der Waals surface area contributed by atoms with E-state index in [1.54, 1.807) is 26.4 Å². The molecule has 0 spiro atoms. The molecule has 0 fully saturated rings. The monoisotopic (exact) mass is 397 g/mol. The second kappa shape index (κ2) is 9.56. The van der Waals surface area contributed by atoms with Crippen molar-refractivity contribution in [1.82, 2.24) is 15.0 Å². The molecular weight excluding hydrogens is 374 g/mol. The first-order chi connectivity index (χ1) is 14.1. The van der Waals surface area contributed by atoms with Gasteiger partial charge in [0.2, 0.25) is 17.6 Å². The van der Waals surface area contributed by atoms with Gasteiger partial charge in [-0.15, -0.1) is 0 Å². The van der Waals surface area contributed by atoms with Crippen molar-refractivity contribution >= 4 is 17.6 Å². The Bertz CT molecular complexity index is 914. The summed E-state index contributed by atoms with van der Waals surface area (Å²) in [6, 6.07) is 13.1. The van der Waals surface area contributed by atoms with Crippen molar-refractivity contribution in [2.75, 3.05) is 32.0 Å². The lowest BCUT2D eigenvalue weighted by atomic mass is 10.1. The fourth-order valence-corrected chi connectivity index (χ4v) is 2.75. The molecule has 152 valence electrons. The molecule has 29 heavy (non-hydrogen) atoms. The zero-order valence-corrected chi connectivity index (χ0v) is 16.4. The molecule has 1 aromatic heterocycles. The number of aliphatic hydroxyl groups excluding tert-OH is 1. The van der Waals surface area contributed by atoms with E-state index in [-0.39, 0.29) is 5.95 Å². The van der Waals surface area contributed by atoms with Crippen molar-refractivity contribution in [2.45, 2.75) is 12.6 Å². The summed E-state index contributed by atoms with van der Waals surface area (Å²) in [5.41, 5.74) is 1.64. The highest BCUT2D eigenvalue weighted by atomic mass is 16.5. The third kappa shape index (κ3) is 5.23. The van der Waals surface area contributed by atoms with Gasteiger partial charge in [-0.25, -0.2) is 9.97 Å². The first-order valence-corrected chi connectivity index (χ1v) is 8.87. The summed E-state index contributed by atoms with van der Waals surface area (Å²) in [7, 11) is 4.62. The number of hydrogen-bond acceptors (Lipinski definition) is 9. The standard InChI is InChI=1S/C20H23N5O4/c1-27-15-10-14(11-16(28-2)18(15)29-3)23-19-21-12-22-20(25-19)24-17(26)9-13-7-5-4-6-8-13/h4-8,10-12,17,26H,9H2,1-3H3,(H2,21,22,23,24,25). The van der Waals surface area contributed by atoms with E-state index in [1.165, 1.54) is 13.4 Å². The van der Waals surface area contributed by atoms with Crippen LogP contribution in [0.4, 0.5) is 17.6 Å². The Morgan fingerprint density at radius 3 is 2.21 bits per heavy atom. The molecule has 1 unspecified atom stereocenters. The molecule has 1 atom stereocenters. The van der Waals surface area contributed by atoms with Gasteiger partial charge in [-0.05, 0) is 5.56 Å². The van der Waals surface area contributed by atoms with Gasteiger partial charge in [0.1, 0.15) is 12.6 Å². The molecule has 0 saturated heterocycles. The van der Waals surface area contributed by atoms with Crippen molar-refractivity contribution in [3.05, 3.63) is 54.4 Å². The van der Waals surface area contributed by atoms with Crippen LogP contribution in [0.2, 0.25) is 0 Å². The molecule has 0 aliphatic carbocycles. The van der Waals surface area contributed by atoms with Crippen LogP contribution in [-0.4, -0.2) is 47.6 Å². The lowest BCUT2D eigenvalue weighted by Gasteiger charge is -2.15. The van der Waals surface area contributed by atoms with Crippen LogP contribution in [0.25, 0.3) is 0 Å². The van der Waals surface area contributed by atoms with Crippen LogP contribution in [0.1, 0.15) is 5.56 Å². The van der Waals surface area contributed by atoms with E-state index in [2.05, 4.69) is 25.6 Å². The van der Waals surface area contributed by atoms with Crippen LogP contribution in [-0.2, 0) is 6.42 Å². The summed E-state index contributed by atoms with van der Waals surface area (Å²) < 4.78 is 16.0. The van der Waals surface area contributed by atoms with Gasteiger partial charge < -0.3 is 30.0 Å². The smallest absolute Gasteiger partial charge is 0.231 e. The molecule has 0 bridgehead atoms. The molecule has 0 saturated carbocycles. The number of nitrogens with zero attached hydrogens (tertiary/aromatic N) is 3. The molecule has 9 heteroatoms. The van der Waals surface area contributed by atoms with Gasteiger partial charge in [0.05, 0.1) is 21.3 Å². The Balaban J connectivity index is 1.73. The Morgan fingerprint density at radius 1 is 0.931 bits per heavy atom. The molecular formula is C20H23N5O4. The average Bonchev–Trinajstić information content (AvgIpc) is 2.73. The third-order valence-corrected chi connectivity index (χ3v) is 4.06. The van der Waals surface area contributed by atoms with Crippen LogP contribution >= 0.6 is 0 Å². The number of methoxy groups -OCH3 is 3. The topological polar surface area (TPSA) is 111 Å². The van der Waals surface area contributed by atoms with Crippen molar-refractivity contribution in [2.24, 2.45) is 0 Å². The van der Waals surface area contributed by atoms with Crippen molar-refractivity contribution in [3.63, 3.8) is 0 Å². The summed E-state index contributed by atoms with van der Waals surface area (Å²) in [5.74, 6) is 2.03.